The van der Waals surface area contributed by atoms with Crippen molar-refractivity contribution in [3.05, 3.63) is 47.3 Å². The maximum absolute atomic E-state index is 12.2. The van der Waals surface area contributed by atoms with Gasteiger partial charge in [0.25, 0.3) is 15.9 Å². The van der Waals surface area contributed by atoms with Crippen LogP contribution in [-0.2, 0) is 10.0 Å². The summed E-state index contributed by atoms with van der Waals surface area (Å²) in [4.78, 5) is 12.2. The molecule has 7 heteroatoms. The summed E-state index contributed by atoms with van der Waals surface area (Å²) in [5.74, 6) is -0.176. The predicted molar refractivity (Wildman–Crippen MR) is 93.4 cm³/mol. The van der Waals surface area contributed by atoms with Gasteiger partial charge in [-0.25, -0.2) is 8.42 Å². The Balaban J connectivity index is 2.10. The number of benzene rings is 1. The Morgan fingerprint density at radius 1 is 1.17 bits per heavy atom. The monoisotopic (exact) mass is 352 g/mol. The van der Waals surface area contributed by atoms with Gasteiger partial charge >= 0.3 is 0 Å². The molecule has 0 aliphatic heterocycles. The van der Waals surface area contributed by atoms with Crippen LogP contribution in [0.1, 0.15) is 37.6 Å². The molecule has 0 spiro atoms. The van der Waals surface area contributed by atoms with E-state index in [2.05, 4.69) is 10.0 Å². The average Bonchev–Trinajstić information content (AvgIpc) is 3.02. The van der Waals surface area contributed by atoms with Crippen LogP contribution in [0, 0.1) is 0 Å². The van der Waals surface area contributed by atoms with E-state index in [0.717, 1.165) is 17.8 Å². The van der Waals surface area contributed by atoms with E-state index >= 15 is 0 Å². The molecule has 23 heavy (non-hydrogen) atoms. The molecule has 0 bridgehead atoms. The first-order chi connectivity index (χ1) is 10.7. The molecular weight excluding hydrogens is 332 g/mol. The topological polar surface area (TPSA) is 75.3 Å². The zero-order valence-corrected chi connectivity index (χ0v) is 14.9. The SMILES string of the molecule is CCC(C)(C)NC(=O)c1ccc(NS(=O)(=O)c2cccs2)cc1. The Labute approximate surface area is 140 Å². The van der Waals surface area contributed by atoms with Crippen LogP contribution < -0.4 is 10.0 Å². The van der Waals surface area contributed by atoms with Crippen LogP contribution in [0.4, 0.5) is 5.69 Å². The normalized spacial score (nSPS) is 12.0. The van der Waals surface area contributed by atoms with Crippen molar-refractivity contribution in [2.45, 2.75) is 36.9 Å². The number of carbonyl (C=O) groups excluding carboxylic acids is 1. The standard InChI is InChI=1S/C16H20N2O3S2/c1-4-16(2,3)17-15(19)12-7-9-13(10-8-12)18-23(20,21)14-6-5-11-22-14/h5-11,18H,4H2,1-3H3,(H,17,19). The number of sulfonamides is 1. The van der Waals surface area contributed by atoms with Crippen molar-refractivity contribution in [1.29, 1.82) is 0 Å². The van der Waals surface area contributed by atoms with Crippen molar-refractivity contribution >= 4 is 33.0 Å². The van der Waals surface area contributed by atoms with Gasteiger partial charge in [0, 0.05) is 16.8 Å². The lowest BCUT2D eigenvalue weighted by Crippen LogP contribution is -2.42. The van der Waals surface area contributed by atoms with Crippen LogP contribution >= 0.6 is 11.3 Å². The predicted octanol–water partition coefficient (Wildman–Crippen LogP) is 3.47. The summed E-state index contributed by atoms with van der Waals surface area (Å²) in [5.41, 5.74) is 0.631. The van der Waals surface area contributed by atoms with Gasteiger partial charge in [-0.3, -0.25) is 9.52 Å². The third-order valence-electron chi connectivity index (χ3n) is 3.50. The summed E-state index contributed by atoms with van der Waals surface area (Å²) in [6, 6.07) is 9.60. The van der Waals surface area contributed by atoms with Gasteiger partial charge in [0.2, 0.25) is 0 Å². The minimum atomic E-state index is -3.57. The summed E-state index contributed by atoms with van der Waals surface area (Å²) in [7, 11) is -3.57. The summed E-state index contributed by atoms with van der Waals surface area (Å²) < 4.78 is 27.0. The lowest BCUT2D eigenvalue weighted by Gasteiger charge is -2.24. The number of thiophene rings is 1. The smallest absolute Gasteiger partial charge is 0.271 e. The van der Waals surface area contributed by atoms with Crippen molar-refractivity contribution in [2.75, 3.05) is 4.72 Å². The fourth-order valence-electron chi connectivity index (χ4n) is 1.78. The lowest BCUT2D eigenvalue weighted by molar-refractivity contribution is 0.0911. The average molecular weight is 352 g/mol. The van der Waals surface area contributed by atoms with E-state index < -0.39 is 10.0 Å². The fraction of sp³-hybridized carbons (Fsp3) is 0.312. The number of hydrogen-bond acceptors (Lipinski definition) is 4. The molecule has 0 fully saturated rings. The molecule has 2 aromatic rings. The number of anilines is 1. The molecule has 0 aliphatic rings. The van der Waals surface area contributed by atoms with E-state index in [4.69, 9.17) is 0 Å². The maximum Gasteiger partial charge on any atom is 0.271 e. The Hall–Kier alpha value is -1.86. The highest BCUT2D eigenvalue weighted by Crippen LogP contribution is 2.20. The molecule has 1 amide bonds. The van der Waals surface area contributed by atoms with Crippen molar-refractivity contribution in [3.8, 4) is 0 Å². The summed E-state index contributed by atoms with van der Waals surface area (Å²) in [5, 5.41) is 4.64. The number of rotatable bonds is 6. The summed E-state index contributed by atoms with van der Waals surface area (Å²) >= 11 is 1.15. The van der Waals surface area contributed by atoms with Gasteiger partial charge in [0.1, 0.15) is 4.21 Å². The highest BCUT2D eigenvalue weighted by molar-refractivity contribution is 7.94. The van der Waals surface area contributed by atoms with E-state index in [1.807, 2.05) is 20.8 Å². The van der Waals surface area contributed by atoms with E-state index in [1.165, 1.54) is 0 Å². The van der Waals surface area contributed by atoms with E-state index in [-0.39, 0.29) is 15.7 Å². The second-order valence-electron chi connectivity index (χ2n) is 5.81. The number of amides is 1. The number of nitrogens with one attached hydrogen (secondary N) is 2. The van der Waals surface area contributed by atoms with Crippen molar-refractivity contribution in [2.24, 2.45) is 0 Å². The largest absolute Gasteiger partial charge is 0.347 e. The zero-order chi connectivity index (χ0) is 17.1. The minimum absolute atomic E-state index is 0.176. The Morgan fingerprint density at radius 3 is 2.35 bits per heavy atom. The first-order valence-corrected chi connectivity index (χ1v) is 9.59. The van der Waals surface area contributed by atoms with Crippen LogP contribution in [0.25, 0.3) is 0 Å². The minimum Gasteiger partial charge on any atom is -0.347 e. The Morgan fingerprint density at radius 2 is 1.83 bits per heavy atom. The molecule has 0 radical (unpaired) electrons. The third kappa shape index (κ3) is 4.56. The van der Waals surface area contributed by atoms with Crippen molar-refractivity contribution in [3.63, 3.8) is 0 Å². The highest BCUT2D eigenvalue weighted by Gasteiger charge is 2.19. The van der Waals surface area contributed by atoms with Gasteiger partial charge in [-0.05, 0) is 56.0 Å². The van der Waals surface area contributed by atoms with Crippen molar-refractivity contribution < 1.29 is 13.2 Å². The molecule has 1 heterocycles. The fourth-order valence-corrected chi connectivity index (χ4v) is 3.83. The van der Waals surface area contributed by atoms with Gasteiger partial charge in [0.15, 0.2) is 0 Å². The highest BCUT2D eigenvalue weighted by atomic mass is 32.2. The molecule has 1 aromatic carbocycles. The van der Waals surface area contributed by atoms with E-state index in [1.54, 1.807) is 41.8 Å². The number of hydrogen-bond donors (Lipinski definition) is 2. The quantitative estimate of drug-likeness (QED) is 0.836. The van der Waals surface area contributed by atoms with Crippen LogP contribution in [0.5, 0.6) is 0 Å². The zero-order valence-electron chi connectivity index (χ0n) is 13.3. The lowest BCUT2D eigenvalue weighted by atomic mass is 10.0. The summed E-state index contributed by atoms with van der Waals surface area (Å²) in [6.07, 6.45) is 0.817. The molecule has 2 N–H and O–H groups in total. The van der Waals surface area contributed by atoms with Gasteiger partial charge in [-0.2, -0.15) is 0 Å². The van der Waals surface area contributed by atoms with E-state index in [9.17, 15) is 13.2 Å². The molecule has 2 rings (SSSR count). The van der Waals surface area contributed by atoms with E-state index in [0.29, 0.717) is 11.3 Å². The van der Waals surface area contributed by atoms with Gasteiger partial charge in [-0.1, -0.05) is 13.0 Å². The summed E-state index contributed by atoms with van der Waals surface area (Å²) in [6.45, 7) is 5.91. The van der Waals surface area contributed by atoms with Crippen LogP contribution in [-0.4, -0.2) is 19.9 Å². The van der Waals surface area contributed by atoms with Gasteiger partial charge in [-0.15, -0.1) is 11.3 Å². The molecule has 124 valence electrons. The first kappa shape index (κ1) is 17.5. The van der Waals surface area contributed by atoms with Gasteiger partial charge in [0.05, 0.1) is 0 Å². The molecule has 0 saturated carbocycles. The maximum atomic E-state index is 12.2. The number of carbonyl (C=O) groups is 1. The second kappa shape index (κ2) is 6.72. The molecule has 0 atom stereocenters. The van der Waals surface area contributed by atoms with Crippen LogP contribution in [0.3, 0.4) is 0 Å². The van der Waals surface area contributed by atoms with Crippen LogP contribution in [0.15, 0.2) is 46.0 Å². The third-order valence-corrected chi connectivity index (χ3v) is 6.27. The first-order valence-electron chi connectivity index (χ1n) is 7.22. The molecule has 1 aromatic heterocycles. The van der Waals surface area contributed by atoms with Crippen molar-refractivity contribution in [1.82, 2.24) is 5.32 Å². The molecule has 0 aliphatic carbocycles. The Kier molecular flexibility index (Phi) is 5.11. The molecular formula is C16H20N2O3S2. The molecule has 5 nitrogen and oxygen atoms in total. The van der Waals surface area contributed by atoms with Crippen LogP contribution in [0.2, 0.25) is 0 Å². The second-order valence-corrected chi connectivity index (χ2v) is 8.66. The molecule has 0 unspecified atom stereocenters. The molecule has 0 saturated heterocycles. The Bertz CT molecular complexity index is 764. The van der Waals surface area contributed by atoms with Gasteiger partial charge < -0.3 is 5.32 Å².